The molecule has 3 aromatic carbocycles. The van der Waals surface area contributed by atoms with E-state index in [4.69, 9.17) is 16.3 Å². The molecule has 0 heterocycles. The Hall–Kier alpha value is -2.51. The Kier molecular flexibility index (Phi) is 14.3. The van der Waals surface area contributed by atoms with Crippen molar-refractivity contribution in [3.8, 4) is 12.3 Å². The SMILES string of the molecule is C#CCCCCOC(C)(C)CCO.CC(C)CCSC(c1ccccc1)(c1ccccc1)c1ccccc1. The van der Waals surface area contributed by atoms with Gasteiger partial charge in [-0.25, -0.2) is 0 Å². The van der Waals surface area contributed by atoms with Crippen LogP contribution in [0.1, 0.15) is 76.5 Å². The van der Waals surface area contributed by atoms with Crippen LogP contribution in [0.15, 0.2) is 91.0 Å². The van der Waals surface area contributed by atoms with Crippen LogP contribution in [-0.2, 0) is 9.48 Å². The summed E-state index contributed by atoms with van der Waals surface area (Å²) < 4.78 is 5.42. The smallest absolute Gasteiger partial charge is 0.0906 e. The van der Waals surface area contributed by atoms with Gasteiger partial charge in [0, 0.05) is 19.6 Å². The second kappa shape index (κ2) is 17.2. The zero-order valence-electron chi connectivity index (χ0n) is 23.7. The maximum Gasteiger partial charge on any atom is 0.0906 e. The maximum atomic E-state index is 8.74. The molecule has 0 aliphatic heterocycles. The third-order valence-electron chi connectivity index (χ3n) is 6.48. The van der Waals surface area contributed by atoms with Gasteiger partial charge in [0.2, 0.25) is 0 Å². The van der Waals surface area contributed by atoms with Gasteiger partial charge in [0.05, 0.1) is 10.3 Å². The molecule has 0 amide bonds. The molecule has 0 aromatic heterocycles. The number of ether oxygens (including phenoxy) is 1. The van der Waals surface area contributed by atoms with Crippen molar-refractivity contribution in [1.29, 1.82) is 0 Å². The molecule has 0 radical (unpaired) electrons. The van der Waals surface area contributed by atoms with Gasteiger partial charge in [-0.1, -0.05) is 105 Å². The molecule has 0 atom stereocenters. The molecule has 204 valence electrons. The minimum Gasteiger partial charge on any atom is -0.396 e. The molecule has 1 N–H and O–H groups in total. The quantitative estimate of drug-likeness (QED) is 0.128. The molecule has 0 saturated carbocycles. The van der Waals surface area contributed by atoms with Gasteiger partial charge in [0.25, 0.3) is 0 Å². The largest absolute Gasteiger partial charge is 0.396 e. The van der Waals surface area contributed by atoms with Crippen molar-refractivity contribution in [3.63, 3.8) is 0 Å². The predicted octanol–water partition coefficient (Wildman–Crippen LogP) is 8.73. The first-order valence-electron chi connectivity index (χ1n) is 13.8. The number of benzene rings is 3. The third kappa shape index (κ3) is 10.3. The van der Waals surface area contributed by atoms with Crippen LogP contribution in [0.4, 0.5) is 0 Å². The molecule has 0 spiro atoms. The zero-order chi connectivity index (χ0) is 27.7. The molecule has 38 heavy (non-hydrogen) atoms. The summed E-state index contributed by atoms with van der Waals surface area (Å²) in [5.41, 5.74) is 3.84. The average Bonchev–Trinajstić information content (AvgIpc) is 2.93. The van der Waals surface area contributed by atoms with Crippen LogP contribution in [0.2, 0.25) is 0 Å². The van der Waals surface area contributed by atoms with Gasteiger partial charge in [-0.05, 0) is 67.9 Å². The molecule has 0 aliphatic rings. The number of rotatable bonds is 14. The molecule has 3 rings (SSSR count). The summed E-state index contributed by atoms with van der Waals surface area (Å²) in [5, 5.41) is 8.74. The highest BCUT2D eigenvalue weighted by Gasteiger charge is 2.36. The van der Waals surface area contributed by atoms with E-state index in [2.05, 4.69) is 123 Å². The fraction of sp³-hybridized carbons (Fsp3) is 0.429. The molecular formula is C35H46O2S. The molecule has 3 heteroatoms. The van der Waals surface area contributed by atoms with Gasteiger partial charge >= 0.3 is 0 Å². The number of thioether (sulfide) groups is 1. The van der Waals surface area contributed by atoms with Crippen LogP contribution >= 0.6 is 11.8 Å². The number of terminal acetylenes is 1. The fourth-order valence-corrected chi connectivity index (χ4v) is 6.04. The molecule has 3 aromatic rings. The molecule has 0 unspecified atom stereocenters. The molecule has 2 nitrogen and oxygen atoms in total. The van der Waals surface area contributed by atoms with E-state index in [0.717, 1.165) is 31.6 Å². The van der Waals surface area contributed by atoms with E-state index < -0.39 is 0 Å². The van der Waals surface area contributed by atoms with E-state index in [1.807, 2.05) is 13.8 Å². The molecule has 0 fully saturated rings. The summed E-state index contributed by atoms with van der Waals surface area (Å²) in [4.78, 5) is 0. The van der Waals surface area contributed by atoms with Crippen molar-refractivity contribution in [3.05, 3.63) is 108 Å². The van der Waals surface area contributed by atoms with E-state index in [1.165, 1.54) is 23.1 Å². The van der Waals surface area contributed by atoms with Crippen LogP contribution in [0.5, 0.6) is 0 Å². The number of hydrogen-bond acceptors (Lipinski definition) is 3. The highest BCUT2D eigenvalue weighted by Crippen LogP contribution is 2.48. The van der Waals surface area contributed by atoms with Crippen LogP contribution in [0.25, 0.3) is 0 Å². The van der Waals surface area contributed by atoms with Crippen molar-refractivity contribution in [2.24, 2.45) is 5.92 Å². The normalized spacial score (nSPS) is 11.5. The Morgan fingerprint density at radius 2 is 1.29 bits per heavy atom. The molecule has 0 aliphatic carbocycles. The van der Waals surface area contributed by atoms with E-state index in [1.54, 1.807) is 0 Å². The van der Waals surface area contributed by atoms with Crippen molar-refractivity contribution in [2.45, 2.75) is 70.1 Å². The Bertz CT molecular complexity index is 943. The summed E-state index contributed by atoms with van der Waals surface area (Å²) >= 11 is 2.06. The Labute approximate surface area is 236 Å². The van der Waals surface area contributed by atoms with Crippen LogP contribution in [0, 0.1) is 18.3 Å². The predicted molar refractivity (Wildman–Crippen MR) is 166 cm³/mol. The second-order valence-electron chi connectivity index (χ2n) is 10.6. The van der Waals surface area contributed by atoms with Gasteiger partial charge in [-0.3, -0.25) is 0 Å². The third-order valence-corrected chi connectivity index (χ3v) is 8.06. The van der Waals surface area contributed by atoms with E-state index in [0.29, 0.717) is 12.3 Å². The van der Waals surface area contributed by atoms with Gasteiger partial charge < -0.3 is 9.84 Å². The zero-order valence-corrected chi connectivity index (χ0v) is 24.6. The number of aliphatic hydroxyl groups excluding tert-OH is 1. The number of aliphatic hydroxyl groups is 1. The second-order valence-corrected chi connectivity index (χ2v) is 11.9. The molecule has 0 saturated heterocycles. The monoisotopic (exact) mass is 530 g/mol. The van der Waals surface area contributed by atoms with Crippen molar-refractivity contribution in [1.82, 2.24) is 0 Å². The van der Waals surface area contributed by atoms with Crippen LogP contribution in [-0.4, -0.2) is 29.7 Å². The summed E-state index contributed by atoms with van der Waals surface area (Å²) in [6.07, 6.45) is 9.87. The lowest BCUT2D eigenvalue weighted by Crippen LogP contribution is -2.26. The Balaban J connectivity index is 0.000000332. The highest BCUT2D eigenvalue weighted by molar-refractivity contribution is 8.00. The molecular weight excluding hydrogens is 484 g/mol. The highest BCUT2D eigenvalue weighted by atomic mass is 32.2. The van der Waals surface area contributed by atoms with Crippen molar-refractivity contribution >= 4 is 11.8 Å². The molecule has 0 bridgehead atoms. The van der Waals surface area contributed by atoms with E-state index in [9.17, 15) is 0 Å². The Morgan fingerprint density at radius 1 is 0.816 bits per heavy atom. The summed E-state index contributed by atoms with van der Waals surface area (Å²) in [7, 11) is 0. The summed E-state index contributed by atoms with van der Waals surface area (Å²) in [6.45, 7) is 9.49. The van der Waals surface area contributed by atoms with E-state index >= 15 is 0 Å². The first kappa shape index (κ1) is 31.7. The van der Waals surface area contributed by atoms with Crippen molar-refractivity contribution in [2.75, 3.05) is 19.0 Å². The van der Waals surface area contributed by atoms with Crippen molar-refractivity contribution < 1.29 is 9.84 Å². The van der Waals surface area contributed by atoms with Gasteiger partial charge in [0.15, 0.2) is 0 Å². The van der Waals surface area contributed by atoms with Gasteiger partial charge in [-0.15, -0.1) is 24.1 Å². The standard InChI is InChI=1S/C24H26S.C11H20O2/c1-20(2)18-19-25-24(21-12-6-3-7-13-21,22-14-8-4-9-15-22)23-16-10-5-11-17-23;1-4-5-6-7-10-13-11(2,3)8-9-12/h3-17,20H,18-19H2,1-2H3;1,12H,5-10H2,2-3H3. The summed E-state index contributed by atoms with van der Waals surface area (Å²) in [6, 6.07) is 32.8. The number of unbranched alkanes of at least 4 members (excludes halogenated alkanes) is 2. The maximum absolute atomic E-state index is 8.74. The number of hydrogen-bond donors (Lipinski definition) is 1. The first-order valence-corrected chi connectivity index (χ1v) is 14.8. The lowest BCUT2D eigenvalue weighted by atomic mass is 9.84. The van der Waals surface area contributed by atoms with Gasteiger partial charge in [-0.2, -0.15) is 0 Å². The first-order chi connectivity index (χ1) is 18.4. The lowest BCUT2D eigenvalue weighted by Gasteiger charge is -2.35. The van der Waals surface area contributed by atoms with Crippen LogP contribution < -0.4 is 0 Å². The average molecular weight is 531 g/mol. The Morgan fingerprint density at radius 3 is 1.68 bits per heavy atom. The minimum absolute atomic E-state index is 0.168. The van der Waals surface area contributed by atoms with Crippen LogP contribution in [0.3, 0.4) is 0 Å². The van der Waals surface area contributed by atoms with Gasteiger partial charge in [0.1, 0.15) is 0 Å². The van der Waals surface area contributed by atoms with E-state index in [-0.39, 0.29) is 17.0 Å². The minimum atomic E-state index is -0.203. The fourth-order valence-electron chi connectivity index (χ4n) is 4.24. The topological polar surface area (TPSA) is 29.5 Å². The summed E-state index contributed by atoms with van der Waals surface area (Å²) in [5.74, 6) is 4.45. The lowest BCUT2D eigenvalue weighted by molar-refractivity contribution is -0.0338.